The molecule has 0 radical (unpaired) electrons. The normalized spacial score (nSPS) is 12.2. The molecule has 0 aromatic heterocycles. The van der Waals surface area contributed by atoms with Crippen LogP contribution >= 0.6 is 47.8 Å². The average Bonchev–Trinajstić information content (AvgIpc) is 2.42. The fourth-order valence-electron chi connectivity index (χ4n) is 1.95. The van der Waals surface area contributed by atoms with Gasteiger partial charge in [-0.1, -0.05) is 22.0 Å². The molecule has 0 bridgehead atoms. The highest BCUT2D eigenvalue weighted by Gasteiger charge is 2.13. The minimum absolute atomic E-state index is 0.497. The average molecular weight is 465 g/mol. The van der Waals surface area contributed by atoms with Crippen molar-refractivity contribution in [2.24, 2.45) is 0 Å². The van der Waals surface area contributed by atoms with Gasteiger partial charge < -0.3 is 9.84 Å². The third-order valence-electron chi connectivity index (χ3n) is 2.98. The second kappa shape index (κ2) is 7.07. The molecule has 2 rings (SSSR count). The van der Waals surface area contributed by atoms with Crippen molar-refractivity contribution in [1.82, 2.24) is 0 Å². The van der Waals surface area contributed by atoms with Gasteiger partial charge in [-0.3, -0.25) is 0 Å². The first-order chi connectivity index (χ1) is 9.51. The standard InChI is InChI=1S/C15H13Br3O2/c1-20-15-5-3-11(16)6-10(15)8-14(19)9-2-4-12(17)13(18)7-9/h2-7,14,19H,8H2,1H3. The van der Waals surface area contributed by atoms with E-state index in [1.54, 1.807) is 7.11 Å². The Hall–Kier alpha value is -0.360. The Labute approximate surface area is 143 Å². The Morgan fingerprint density at radius 1 is 1.05 bits per heavy atom. The Bertz CT molecular complexity index is 614. The summed E-state index contributed by atoms with van der Waals surface area (Å²) in [5.41, 5.74) is 1.83. The molecule has 5 heteroatoms. The van der Waals surface area contributed by atoms with Crippen LogP contribution in [0.15, 0.2) is 49.8 Å². The number of ether oxygens (including phenoxy) is 1. The van der Waals surface area contributed by atoms with Crippen LogP contribution in [-0.4, -0.2) is 12.2 Å². The lowest BCUT2D eigenvalue weighted by molar-refractivity contribution is 0.177. The molecule has 0 aliphatic rings. The van der Waals surface area contributed by atoms with E-state index in [0.717, 1.165) is 30.3 Å². The number of hydrogen-bond acceptors (Lipinski definition) is 2. The minimum Gasteiger partial charge on any atom is -0.496 e. The van der Waals surface area contributed by atoms with Crippen LogP contribution in [0.2, 0.25) is 0 Å². The van der Waals surface area contributed by atoms with Crippen molar-refractivity contribution in [1.29, 1.82) is 0 Å². The van der Waals surface area contributed by atoms with E-state index >= 15 is 0 Å². The maximum atomic E-state index is 10.4. The van der Waals surface area contributed by atoms with E-state index < -0.39 is 6.10 Å². The third kappa shape index (κ3) is 3.85. The predicted molar refractivity (Wildman–Crippen MR) is 91.2 cm³/mol. The molecule has 2 nitrogen and oxygen atoms in total. The highest BCUT2D eigenvalue weighted by Crippen LogP contribution is 2.31. The number of aliphatic hydroxyl groups excluding tert-OH is 1. The van der Waals surface area contributed by atoms with Gasteiger partial charge in [-0.15, -0.1) is 0 Å². The van der Waals surface area contributed by atoms with Crippen molar-refractivity contribution in [2.75, 3.05) is 7.11 Å². The molecule has 1 unspecified atom stereocenters. The van der Waals surface area contributed by atoms with Gasteiger partial charge >= 0.3 is 0 Å². The lowest BCUT2D eigenvalue weighted by atomic mass is 10.0. The van der Waals surface area contributed by atoms with Gasteiger partial charge in [-0.2, -0.15) is 0 Å². The van der Waals surface area contributed by atoms with Crippen LogP contribution < -0.4 is 4.74 Å². The van der Waals surface area contributed by atoms with E-state index in [4.69, 9.17) is 4.74 Å². The summed E-state index contributed by atoms with van der Waals surface area (Å²) in [4.78, 5) is 0. The van der Waals surface area contributed by atoms with E-state index in [1.807, 2.05) is 36.4 Å². The van der Waals surface area contributed by atoms with Crippen LogP contribution in [0.4, 0.5) is 0 Å². The molecule has 2 aromatic rings. The van der Waals surface area contributed by atoms with Crippen LogP contribution in [-0.2, 0) is 6.42 Å². The summed E-state index contributed by atoms with van der Waals surface area (Å²) in [6.45, 7) is 0. The Morgan fingerprint density at radius 2 is 1.80 bits per heavy atom. The Balaban J connectivity index is 2.24. The van der Waals surface area contributed by atoms with Crippen molar-refractivity contribution in [3.05, 3.63) is 60.9 Å². The maximum absolute atomic E-state index is 10.4. The molecule has 1 atom stereocenters. The second-order valence-corrected chi connectivity index (χ2v) is 6.97. The first-order valence-corrected chi connectivity index (χ1v) is 8.34. The number of methoxy groups -OCH3 is 1. The van der Waals surface area contributed by atoms with Gasteiger partial charge in [-0.25, -0.2) is 0 Å². The molecule has 0 heterocycles. The Morgan fingerprint density at radius 3 is 2.45 bits per heavy atom. The number of halogens is 3. The first-order valence-electron chi connectivity index (χ1n) is 5.96. The van der Waals surface area contributed by atoms with Crippen LogP contribution in [0.25, 0.3) is 0 Å². The van der Waals surface area contributed by atoms with E-state index in [-0.39, 0.29) is 0 Å². The van der Waals surface area contributed by atoms with Gasteiger partial charge in [0.15, 0.2) is 0 Å². The third-order valence-corrected chi connectivity index (χ3v) is 5.36. The minimum atomic E-state index is -0.581. The fourth-order valence-corrected chi connectivity index (χ4v) is 3.00. The molecular formula is C15H13Br3O2. The van der Waals surface area contributed by atoms with Gasteiger partial charge in [0.25, 0.3) is 0 Å². The summed E-state index contributed by atoms with van der Waals surface area (Å²) in [6.07, 6.45) is -0.0842. The highest BCUT2D eigenvalue weighted by atomic mass is 79.9. The van der Waals surface area contributed by atoms with Crippen molar-refractivity contribution < 1.29 is 9.84 Å². The van der Waals surface area contributed by atoms with E-state index in [1.165, 1.54) is 0 Å². The van der Waals surface area contributed by atoms with Gasteiger partial charge in [0, 0.05) is 19.8 Å². The van der Waals surface area contributed by atoms with Gasteiger partial charge in [0.05, 0.1) is 13.2 Å². The maximum Gasteiger partial charge on any atom is 0.122 e. The summed E-state index contributed by atoms with van der Waals surface area (Å²) in [6, 6.07) is 11.5. The van der Waals surface area contributed by atoms with Crippen molar-refractivity contribution in [3.63, 3.8) is 0 Å². The molecule has 2 aromatic carbocycles. The number of benzene rings is 2. The first kappa shape index (κ1) is 16.0. The van der Waals surface area contributed by atoms with Crippen LogP contribution in [0, 0.1) is 0 Å². The lowest BCUT2D eigenvalue weighted by Crippen LogP contribution is -2.03. The van der Waals surface area contributed by atoms with E-state index in [2.05, 4.69) is 47.8 Å². The molecule has 1 N–H and O–H groups in total. The largest absolute Gasteiger partial charge is 0.496 e. The number of rotatable bonds is 4. The second-order valence-electron chi connectivity index (χ2n) is 4.35. The molecule has 0 saturated carbocycles. The smallest absolute Gasteiger partial charge is 0.122 e. The monoisotopic (exact) mass is 462 g/mol. The molecule has 0 aliphatic carbocycles. The summed E-state index contributed by atoms with van der Waals surface area (Å²) in [5.74, 6) is 0.781. The quantitative estimate of drug-likeness (QED) is 0.669. The summed E-state index contributed by atoms with van der Waals surface area (Å²) >= 11 is 10.3. The molecule has 106 valence electrons. The van der Waals surface area contributed by atoms with Gasteiger partial charge in [0.2, 0.25) is 0 Å². The highest BCUT2D eigenvalue weighted by molar-refractivity contribution is 9.13. The van der Waals surface area contributed by atoms with Crippen LogP contribution in [0.5, 0.6) is 5.75 Å². The zero-order valence-electron chi connectivity index (χ0n) is 10.7. The van der Waals surface area contributed by atoms with E-state index in [0.29, 0.717) is 6.42 Å². The molecule has 0 fully saturated rings. The summed E-state index contributed by atoms with van der Waals surface area (Å²) < 4.78 is 8.19. The Kier molecular flexibility index (Phi) is 5.66. The van der Waals surface area contributed by atoms with Crippen molar-refractivity contribution in [2.45, 2.75) is 12.5 Å². The molecule has 0 aliphatic heterocycles. The predicted octanol–water partition coefficient (Wildman–Crippen LogP) is 5.26. The van der Waals surface area contributed by atoms with Crippen LogP contribution in [0.3, 0.4) is 0 Å². The summed E-state index contributed by atoms with van der Waals surface area (Å²) in [5, 5.41) is 10.4. The number of aliphatic hydroxyl groups is 1. The molecule has 0 saturated heterocycles. The molecular weight excluding hydrogens is 452 g/mol. The SMILES string of the molecule is COc1ccc(Br)cc1CC(O)c1ccc(Br)c(Br)c1. The van der Waals surface area contributed by atoms with Crippen LogP contribution in [0.1, 0.15) is 17.2 Å². The topological polar surface area (TPSA) is 29.5 Å². The van der Waals surface area contributed by atoms with Crippen molar-refractivity contribution in [3.8, 4) is 5.75 Å². The van der Waals surface area contributed by atoms with Crippen molar-refractivity contribution >= 4 is 47.8 Å². The van der Waals surface area contributed by atoms with Gasteiger partial charge in [0.1, 0.15) is 5.75 Å². The summed E-state index contributed by atoms with van der Waals surface area (Å²) in [7, 11) is 1.63. The molecule has 20 heavy (non-hydrogen) atoms. The molecule has 0 amide bonds. The van der Waals surface area contributed by atoms with Gasteiger partial charge in [-0.05, 0) is 73.3 Å². The zero-order chi connectivity index (χ0) is 14.7. The zero-order valence-corrected chi connectivity index (χ0v) is 15.5. The number of hydrogen-bond donors (Lipinski definition) is 1. The van der Waals surface area contributed by atoms with E-state index in [9.17, 15) is 5.11 Å². The fraction of sp³-hybridized carbons (Fsp3) is 0.200. The molecule has 0 spiro atoms. The lowest BCUT2D eigenvalue weighted by Gasteiger charge is -2.15.